The second-order valence-electron chi connectivity index (χ2n) is 5.47. The van der Waals surface area contributed by atoms with Gasteiger partial charge in [0.1, 0.15) is 11.5 Å². The highest BCUT2D eigenvalue weighted by molar-refractivity contribution is 5.92. The van der Waals surface area contributed by atoms with Crippen molar-refractivity contribution in [2.75, 3.05) is 65.7 Å². The number of hydrogen-bond acceptors (Lipinski definition) is 6. The van der Waals surface area contributed by atoms with Crippen molar-refractivity contribution in [3.63, 3.8) is 0 Å². The second kappa shape index (κ2) is 7.33. The highest BCUT2D eigenvalue weighted by Gasteiger charge is 2.22. The zero-order chi connectivity index (χ0) is 15.2. The van der Waals surface area contributed by atoms with Gasteiger partial charge in [-0.15, -0.1) is 0 Å². The molecule has 21 heavy (non-hydrogen) atoms. The van der Waals surface area contributed by atoms with Crippen LogP contribution in [0.5, 0.6) is 0 Å². The Hall–Kier alpha value is -1.73. The van der Waals surface area contributed by atoms with Gasteiger partial charge in [-0.2, -0.15) is 0 Å². The van der Waals surface area contributed by atoms with Crippen LogP contribution in [0.25, 0.3) is 0 Å². The molecular formula is C14H24N6O. The quantitative estimate of drug-likeness (QED) is 0.813. The topological polar surface area (TPSA) is 64.6 Å². The first-order valence-electron chi connectivity index (χ1n) is 7.26. The SMILES string of the molecule is CNc1cnc(C(=O)N2CCN(CCN(C)C)CC2)cn1. The summed E-state index contributed by atoms with van der Waals surface area (Å²) in [4.78, 5) is 27.1. The number of carbonyl (C=O) groups is 1. The molecule has 1 saturated heterocycles. The predicted octanol–water partition coefficient (Wildman–Crippen LogP) is -0.162. The maximum Gasteiger partial charge on any atom is 0.274 e. The predicted molar refractivity (Wildman–Crippen MR) is 82.5 cm³/mol. The van der Waals surface area contributed by atoms with Crippen LogP contribution in [-0.4, -0.2) is 91.0 Å². The molecule has 1 aromatic rings. The average molecular weight is 292 g/mol. The molecule has 0 aromatic carbocycles. The summed E-state index contributed by atoms with van der Waals surface area (Å²) in [6, 6.07) is 0. The van der Waals surface area contributed by atoms with Crippen molar-refractivity contribution in [2.45, 2.75) is 0 Å². The molecule has 0 radical (unpaired) electrons. The summed E-state index contributed by atoms with van der Waals surface area (Å²) in [6.07, 6.45) is 3.12. The number of amides is 1. The first-order chi connectivity index (χ1) is 10.1. The lowest BCUT2D eigenvalue weighted by Crippen LogP contribution is -2.50. The summed E-state index contributed by atoms with van der Waals surface area (Å²) in [5.74, 6) is 0.637. The number of likely N-dealkylation sites (N-methyl/N-ethyl adjacent to an activating group) is 1. The standard InChI is InChI=1S/C14H24N6O/c1-15-13-11-16-12(10-17-13)14(21)20-8-6-19(7-9-20)5-4-18(2)3/h10-11H,4-9H2,1-3H3,(H,15,17). The molecule has 116 valence electrons. The van der Waals surface area contributed by atoms with Crippen LogP contribution in [-0.2, 0) is 0 Å². The lowest BCUT2D eigenvalue weighted by atomic mass is 10.2. The van der Waals surface area contributed by atoms with Crippen molar-refractivity contribution < 1.29 is 4.79 Å². The number of anilines is 1. The molecule has 0 spiro atoms. The summed E-state index contributed by atoms with van der Waals surface area (Å²) < 4.78 is 0. The Morgan fingerprint density at radius 3 is 2.48 bits per heavy atom. The third-order valence-electron chi connectivity index (χ3n) is 3.65. The van der Waals surface area contributed by atoms with Crippen LogP contribution in [0, 0.1) is 0 Å². The molecule has 1 aliphatic heterocycles. The van der Waals surface area contributed by atoms with Gasteiger partial charge in [0.25, 0.3) is 5.91 Å². The van der Waals surface area contributed by atoms with E-state index in [0.29, 0.717) is 11.5 Å². The molecule has 7 nitrogen and oxygen atoms in total. The van der Waals surface area contributed by atoms with E-state index in [-0.39, 0.29) is 5.91 Å². The van der Waals surface area contributed by atoms with Gasteiger partial charge in [-0.1, -0.05) is 0 Å². The molecule has 0 aliphatic carbocycles. The van der Waals surface area contributed by atoms with Crippen molar-refractivity contribution >= 4 is 11.7 Å². The molecule has 1 aliphatic rings. The van der Waals surface area contributed by atoms with E-state index in [9.17, 15) is 4.79 Å². The molecule has 7 heteroatoms. The Morgan fingerprint density at radius 1 is 1.24 bits per heavy atom. The van der Waals surface area contributed by atoms with Gasteiger partial charge >= 0.3 is 0 Å². The fourth-order valence-electron chi connectivity index (χ4n) is 2.25. The highest BCUT2D eigenvalue weighted by Crippen LogP contribution is 2.07. The summed E-state index contributed by atoms with van der Waals surface area (Å²) in [5.41, 5.74) is 0.413. The third kappa shape index (κ3) is 4.37. The molecule has 1 N–H and O–H groups in total. The van der Waals surface area contributed by atoms with Crippen LogP contribution in [0.1, 0.15) is 10.5 Å². The average Bonchev–Trinajstić information content (AvgIpc) is 2.53. The molecule has 0 unspecified atom stereocenters. The first kappa shape index (κ1) is 15.7. The molecule has 1 amide bonds. The largest absolute Gasteiger partial charge is 0.372 e. The maximum absolute atomic E-state index is 12.3. The molecule has 0 saturated carbocycles. The maximum atomic E-state index is 12.3. The van der Waals surface area contributed by atoms with Crippen molar-refractivity contribution in [3.05, 3.63) is 18.1 Å². The van der Waals surface area contributed by atoms with Crippen LogP contribution >= 0.6 is 0 Å². The van der Waals surface area contributed by atoms with E-state index in [2.05, 4.69) is 39.2 Å². The van der Waals surface area contributed by atoms with Gasteiger partial charge in [-0.25, -0.2) is 9.97 Å². The van der Waals surface area contributed by atoms with E-state index < -0.39 is 0 Å². The minimum atomic E-state index is -0.0302. The normalized spacial score (nSPS) is 16.3. The van der Waals surface area contributed by atoms with Gasteiger partial charge < -0.3 is 15.1 Å². The molecular weight excluding hydrogens is 268 g/mol. The Morgan fingerprint density at radius 2 is 1.95 bits per heavy atom. The van der Waals surface area contributed by atoms with Gasteiger partial charge in [0, 0.05) is 46.3 Å². The number of carbonyl (C=O) groups excluding carboxylic acids is 1. The molecule has 0 bridgehead atoms. The Bertz CT molecular complexity index is 453. The monoisotopic (exact) mass is 292 g/mol. The zero-order valence-corrected chi connectivity index (χ0v) is 13.0. The van der Waals surface area contributed by atoms with Crippen LogP contribution in [0.15, 0.2) is 12.4 Å². The number of piperazine rings is 1. The van der Waals surface area contributed by atoms with E-state index in [1.54, 1.807) is 13.2 Å². The number of hydrogen-bond donors (Lipinski definition) is 1. The number of rotatable bonds is 5. The van der Waals surface area contributed by atoms with Crippen LogP contribution in [0.4, 0.5) is 5.82 Å². The second-order valence-corrected chi connectivity index (χ2v) is 5.47. The van der Waals surface area contributed by atoms with E-state index in [4.69, 9.17) is 0 Å². The summed E-state index contributed by atoms with van der Waals surface area (Å²) in [7, 11) is 5.93. The lowest BCUT2D eigenvalue weighted by Gasteiger charge is -2.35. The number of nitrogens with zero attached hydrogens (tertiary/aromatic N) is 5. The smallest absolute Gasteiger partial charge is 0.274 e. The number of nitrogens with one attached hydrogen (secondary N) is 1. The van der Waals surface area contributed by atoms with Gasteiger partial charge in [-0.05, 0) is 14.1 Å². The Kier molecular flexibility index (Phi) is 5.46. The van der Waals surface area contributed by atoms with Gasteiger partial charge in [0.2, 0.25) is 0 Å². The van der Waals surface area contributed by atoms with Crippen molar-refractivity contribution in [1.29, 1.82) is 0 Å². The Labute approximate surface area is 126 Å². The number of aromatic nitrogens is 2. The fraction of sp³-hybridized carbons (Fsp3) is 0.643. The molecule has 2 rings (SSSR count). The molecule has 1 fully saturated rings. The van der Waals surface area contributed by atoms with E-state index >= 15 is 0 Å². The van der Waals surface area contributed by atoms with E-state index in [1.165, 1.54) is 6.20 Å². The van der Waals surface area contributed by atoms with Gasteiger partial charge in [-0.3, -0.25) is 9.69 Å². The van der Waals surface area contributed by atoms with Crippen molar-refractivity contribution in [3.8, 4) is 0 Å². The Balaban J connectivity index is 1.84. The lowest BCUT2D eigenvalue weighted by molar-refractivity contribution is 0.0623. The first-order valence-corrected chi connectivity index (χ1v) is 7.26. The van der Waals surface area contributed by atoms with Crippen molar-refractivity contribution in [1.82, 2.24) is 24.7 Å². The minimum absolute atomic E-state index is 0.0302. The minimum Gasteiger partial charge on any atom is -0.372 e. The summed E-state index contributed by atoms with van der Waals surface area (Å²) >= 11 is 0. The van der Waals surface area contributed by atoms with Gasteiger partial charge in [0.15, 0.2) is 0 Å². The summed E-state index contributed by atoms with van der Waals surface area (Å²) in [5, 5.41) is 2.89. The van der Waals surface area contributed by atoms with Crippen LogP contribution < -0.4 is 5.32 Å². The van der Waals surface area contributed by atoms with E-state index in [0.717, 1.165) is 39.3 Å². The molecule has 2 heterocycles. The van der Waals surface area contributed by atoms with Crippen molar-refractivity contribution in [2.24, 2.45) is 0 Å². The zero-order valence-electron chi connectivity index (χ0n) is 13.0. The van der Waals surface area contributed by atoms with Crippen LogP contribution in [0.3, 0.4) is 0 Å². The third-order valence-corrected chi connectivity index (χ3v) is 3.65. The fourth-order valence-corrected chi connectivity index (χ4v) is 2.25. The van der Waals surface area contributed by atoms with E-state index in [1.807, 2.05) is 4.90 Å². The van der Waals surface area contributed by atoms with Crippen LogP contribution in [0.2, 0.25) is 0 Å². The molecule has 0 atom stereocenters. The van der Waals surface area contributed by atoms with Gasteiger partial charge in [0.05, 0.1) is 12.4 Å². The molecule has 1 aromatic heterocycles. The summed E-state index contributed by atoms with van der Waals surface area (Å²) in [6.45, 7) is 5.43. The highest BCUT2D eigenvalue weighted by atomic mass is 16.2.